The third-order valence-corrected chi connectivity index (χ3v) is 5.04. The summed E-state index contributed by atoms with van der Waals surface area (Å²) in [5, 5.41) is 4.81. The standard InChI is InChI=1S/C10H16ClN3S/c1-10(4-3-5-15-10)9(12)8-7(11)6-13-14(8)2/h6,9H,3-5,12H2,1-2H3. The van der Waals surface area contributed by atoms with Crippen molar-refractivity contribution in [3.63, 3.8) is 0 Å². The summed E-state index contributed by atoms with van der Waals surface area (Å²) < 4.78 is 1.90. The van der Waals surface area contributed by atoms with Crippen LogP contribution in [0.2, 0.25) is 5.02 Å². The van der Waals surface area contributed by atoms with Gasteiger partial charge in [0.05, 0.1) is 23.0 Å². The lowest BCUT2D eigenvalue weighted by Crippen LogP contribution is -2.34. The third-order valence-electron chi connectivity index (χ3n) is 3.14. The van der Waals surface area contributed by atoms with Crippen LogP contribution in [-0.4, -0.2) is 20.3 Å². The molecule has 1 aliphatic heterocycles. The summed E-state index contributed by atoms with van der Waals surface area (Å²) in [6.45, 7) is 2.22. The number of rotatable bonds is 2. The van der Waals surface area contributed by atoms with E-state index in [-0.39, 0.29) is 10.8 Å². The first-order valence-corrected chi connectivity index (χ1v) is 6.48. The molecule has 84 valence electrons. The number of aromatic nitrogens is 2. The van der Waals surface area contributed by atoms with Crippen molar-refractivity contribution in [3.05, 3.63) is 16.9 Å². The van der Waals surface area contributed by atoms with Crippen LogP contribution in [0.1, 0.15) is 31.5 Å². The summed E-state index contributed by atoms with van der Waals surface area (Å²) in [5.41, 5.74) is 7.27. The smallest absolute Gasteiger partial charge is 0.0834 e. The van der Waals surface area contributed by atoms with E-state index < -0.39 is 0 Å². The van der Waals surface area contributed by atoms with E-state index in [1.165, 1.54) is 12.2 Å². The molecule has 2 rings (SSSR count). The Balaban J connectivity index is 2.31. The van der Waals surface area contributed by atoms with Crippen LogP contribution in [-0.2, 0) is 7.05 Å². The van der Waals surface area contributed by atoms with Gasteiger partial charge in [0.25, 0.3) is 0 Å². The number of aryl methyl sites for hydroxylation is 1. The molecule has 0 aromatic carbocycles. The number of nitrogens with zero attached hydrogens (tertiary/aromatic N) is 2. The maximum absolute atomic E-state index is 6.31. The second kappa shape index (κ2) is 4.00. The van der Waals surface area contributed by atoms with Crippen LogP contribution >= 0.6 is 23.4 Å². The highest BCUT2D eigenvalue weighted by Gasteiger charge is 2.38. The van der Waals surface area contributed by atoms with E-state index in [9.17, 15) is 0 Å². The summed E-state index contributed by atoms with van der Waals surface area (Å²) >= 11 is 8.05. The Labute approximate surface area is 99.4 Å². The van der Waals surface area contributed by atoms with E-state index in [2.05, 4.69) is 12.0 Å². The van der Waals surface area contributed by atoms with Crippen LogP contribution in [0, 0.1) is 0 Å². The molecule has 0 bridgehead atoms. The van der Waals surface area contributed by atoms with Gasteiger partial charge in [-0.15, -0.1) is 0 Å². The van der Waals surface area contributed by atoms with E-state index in [0.29, 0.717) is 5.02 Å². The zero-order chi connectivity index (χ0) is 11.1. The Morgan fingerprint density at radius 1 is 1.73 bits per heavy atom. The Kier molecular flexibility index (Phi) is 3.01. The van der Waals surface area contributed by atoms with Gasteiger partial charge in [0, 0.05) is 11.8 Å². The topological polar surface area (TPSA) is 43.8 Å². The van der Waals surface area contributed by atoms with Crippen LogP contribution in [0.25, 0.3) is 0 Å². The van der Waals surface area contributed by atoms with Gasteiger partial charge >= 0.3 is 0 Å². The number of thioether (sulfide) groups is 1. The lowest BCUT2D eigenvalue weighted by atomic mass is 9.94. The van der Waals surface area contributed by atoms with Gasteiger partial charge in [0.1, 0.15) is 0 Å². The second-order valence-corrected chi connectivity index (χ2v) is 6.28. The first-order chi connectivity index (χ1) is 7.04. The van der Waals surface area contributed by atoms with Crippen molar-refractivity contribution in [1.82, 2.24) is 9.78 Å². The zero-order valence-corrected chi connectivity index (χ0v) is 10.6. The molecular weight excluding hydrogens is 230 g/mol. The van der Waals surface area contributed by atoms with Gasteiger partial charge in [0.15, 0.2) is 0 Å². The average Bonchev–Trinajstić information content (AvgIpc) is 2.75. The molecule has 15 heavy (non-hydrogen) atoms. The highest BCUT2D eigenvalue weighted by molar-refractivity contribution is 8.00. The Hall–Kier alpha value is -0.190. The second-order valence-electron chi connectivity index (χ2n) is 4.24. The molecule has 2 heterocycles. The molecule has 0 amide bonds. The molecule has 1 saturated heterocycles. The minimum Gasteiger partial charge on any atom is -0.321 e. The van der Waals surface area contributed by atoms with Crippen LogP contribution in [0.3, 0.4) is 0 Å². The maximum Gasteiger partial charge on any atom is 0.0834 e. The van der Waals surface area contributed by atoms with Gasteiger partial charge in [0.2, 0.25) is 0 Å². The van der Waals surface area contributed by atoms with E-state index in [4.69, 9.17) is 17.3 Å². The van der Waals surface area contributed by atoms with Crippen molar-refractivity contribution in [3.8, 4) is 0 Å². The average molecular weight is 246 g/mol. The molecule has 0 saturated carbocycles. The summed E-state index contributed by atoms with van der Waals surface area (Å²) in [6.07, 6.45) is 4.06. The highest BCUT2D eigenvalue weighted by atomic mass is 35.5. The molecular formula is C10H16ClN3S. The Bertz CT molecular complexity index is 338. The third kappa shape index (κ3) is 1.90. The molecule has 0 radical (unpaired) electrons. The highest BCUT2D eigenvalue weighted by Crippen LogP contribution is 2.46. The fourth-order valence-electron chi connectivity index (χ4n) is 2.11. The van der Waals surface area contributed by atoms with Crippen molar-refractivity contribution in [2.45, 2.75) is 30.6 Å². The summed E-state index contributed by atoms with van der Waals surface area (Å²) in [7, 11) is 1.89. The first-order valence-electron chi connectivity index (χ1n) is 5.11. The predicted molar refractivity (Wildman–Crippen MR) is 65.2 cm³/mol. The zero-order valence-electron chi connectivity index (χ0n) is 9.03. The molecule has 2 unspecified atom stereocenters. The fourth-order valence-corrected chi connectivity index (χ4v) is 3.72. The molecule has 0 aliphatic carbocycles. The molecule has 2 N–H and O–H groups in total. The van der Waals surface area contributed by atoms with Crippen LogP contribution in [0.4, 0.5) is 0 Å². The van der Waals surface area contributed by atoms with Crippen LogP contribution in [0.5, 0.6) is 0 Å². The summed E-state index contributed by atoms with van der Waals surface area (Å²) in [5.74, 6) is 1.19. The van der Waals surface area contributed by atoms with Gasteiger partial charge in [-0.25, -0.2) is 0 Å². The van der Waals surface area contributed by atoms with E-state index in [1.54, 1.807) is 10.9 Å². The lowest BCUT2D eigenvalue weighted by Gasteiger charge is -2.30. The molecule has 3 nitrogen and oxygen atoms in total. The number of hydrogen-bond acceptors (Lipinski definition) is 3. The normalized spacial score (nSPS) is 28.3. The van der Waals surface area contributed by atoms with Gasteiger partial charge in [-0.1, -0.05) is 11.6 Å². The minimum atomic E-state index is -0.0370. The fraction of sp³-hybridized carbons (Fsp3) is 0.700. The van der Waals surface area contributed by atoms with Crippen molar-refractivity contribution in [1.29, 1.82) is 0 Å². The number of halogens is 1. The summed E-state index contributed by atoms with van der Waals surface area (Å²) in [4.78, 5) is 0. The molecule has 5 heteroatoms. The van der Waals surface area contributed by atoms with Gasteiger partial charge in [-0.05, 0) is 25.5 Å². The SMILES string of the molecule is Cn1ncc(Cl)c1C(N)C1(C)CCCS1. The van der Waals surface area contributed by atoms with E-state index in [0.717, 1.165) is 12.1 Å². The molecule has 1 aliphatic rings. The molecule has 0 spiro atoms. The van der Waals surface area contributed by atoms with Gasteiger partial charge in [-0.2, -0.15) is 16.9 Å². The Morgan fingerprint density at radius 3 is 2.93 bits per heavy atom. The molecule has 2 atom stereocenters. The number of hydrogen-bond donors (Lipinski definition) is 1. The lowest BCUT2D eigenvalue weighted by molar-refractivity contribution is 0.474. The molecule has 1 aromatic heterocycles. The molecule has 1 fully saturated rings. The van der Waals surface area contributed by atoms with Gasteiger partial charge < -0.3 is 5.73 Å². The van der Waals surface area contributed by atoms with Crippen molar-refractivity contribution in [2.75, 3.05) is 5.75 Å². The van der Waals surface area contributed by atoms with Crippen LogP contribution < -0.4 is 5.73 Å². The molecule has 1 aromatic rings. The monoisotopic (exact) mass is 245 g/mol. The minimum absolute atomic E-state index is 0.0370. The van der Waals surface area contributed by atoms with Crippen molar-refractivity contribution in [2.24, 2.45) is 12.8 Å². The van der Waals surface area contributed by atoms with Crippen molar-refractivity contribution >= 4 is 23.4 Å². The Morgan fingerprint density at radius 2 is 2.47 bits per heavy atom. The van der Waals surface area contributed by atoms with Gasteiger partial charge in [-0.3, -0.25) is 4.68 Å². The predicted octanol–water partition coefficient (Wildman–Crippen LogP) is 2.36. The quantitative estimate of drug-likeness (QED) is 0.870. The first kappa shape index (κ1) is 11.3. The largest absolute Gasteiger partial charge is 0.321 e. The summed E-state index contributed by atoms with van der Waals surface area (Å²) in [6, 6.07) is -0.0370. The van der Waals surface area contributed by atoms with Crippen LogP contribution in [0.15, 0.2) is 6.20 Å². The van der Waals surface area contributed by atoms with E-state index >= 15 is 0 Å². The van der Waals surface area contributed by atoms with E-state index in [1.807, 2.05) is 18.8 Å². The number of nitrogens with two attached hydrogens (primary N) is 1. The maximum atomic E-state index is 6.31. The van der Waals surface area contributed by atoms with Crippen molar-refractivity contribution < 1.29 is 0 Å².